The van der Waals surface area contributed by atoms with E-state index in [1.165, 1.54) is 16.7 Å². The normalized spacial score (nSPS) is 12.5. The Balaban J connectivity index is 2.77. The predicted octanol–water partition coefficient (Wildman–Crippen LogP) is 3.68. The molecule has 0 aromatic heterocycles. The number of ketones is 1. The van der Waals surface area contributed by atoms with E-state index < -0.39 is 0 Å². The first kappa shape index (κ1) is 13.2. The Morgan fingerprint density at radius 1 is 1.31 bits per heavy atom. The fourth-order valence-electron chi connectivity index (χ4n) is 1.80. The van der Waals surface area contributed by atoms with Crippen LogP contribution in [0.15, 0.2) is 18.2 Å². The SMILES string of the molecule is CC(=O)C(CCCl)Cc1ccc(C)c(C)c1. The van der Waals surface area contributed by atoms with Crippen molar-refractivity contribution < 1.29 is 4.79 Å². The van der Waals surface area contributed by atoms with Crippen molar-refractivity contribution in [2.75, 3.05) is 5.88 Å². The van der Waals surface area contributed by atoms with E-state index in [1.54, 1.807) is 6.92 Å². The molecule has 0 bridgehead atoms. The van der Waals surface area contributed by atoms with Crippen LogP contribution in [0.4, 0.5) is 0 Å². The zero-order chi connectivity index (χ0) is 12.1. The van der Waals surface area contributed by atoms with Crippen LogP contribution in [-0.2, 0) is 11.2 Å². The second-order valence-corrected chi connectivity index (χ2v) is 4.79. The Labute approximate surface area is 103 Å². The zero-order valence-electron chi connectivity index (χ0n) is 10.2. The molecule has 0 saturated heterocycles. The average molecular weight is 239 g/mol. The fourth-order valence-corrected chi connectivity index (χ4v) is 2.06. The van der Waals surface area contributed by atoms with Crippen molar-refractivity contribution in [3.8, 4) is 0 Å². The number of aryl methyl sites for hydroxylation is 2. The van der Waals surface area contributed by atoms with Gasteiger partial charge in [0.05, 0.1) is 0 Å². The number of carbonyl (C=O) groups excluding carboxylic acids is 1. The quantitative estimate of drug-likeness (QED) is 0.716. The topological polar surface area (TPSA) is 17.1 Å². The molecule has 0 aliphatic heterocycles. The third-order valence-corrected chi connectivity index (χ3v) is 3.30. The summed E-state index contributed by atoms with van der Waals surface area (Å²) in [6.45, 7) is 5.85. The monoisotopic (exact) mass is 238 g/mol. The average Bonchev–Trinajstić information content (AvgIpc) is 2.22. The lowest BCUT2D eigenvalue weighted by molar-refractivity contribution is -0.120. The number of hydrogen-bond donors (Lipinski definition) is 0. The van der Waals surface area contributed by atoms with Crippen molar-refractivity contribution in [3.63, 3.8) is 0 Å². The highest BCUT2D eigenvalue weighted by molar-refractivity contribution is 6.18. The fraction of sp³-hybridized carbons (Fsp3) is 0.500. The molecule has 0 spiro atoms. The third kappa shape index (κ3) is 3.64. The summed E-state index contributed by atoms with van der Waals surface area (Å²) >= 11 is 5.71. The summed E-state index contributed by atoms with van der Waals surface area (Å²) in [5, 5.41) is 0. The van der Waals surface area contributed by atoms with Gasteiger partial charge < -0.3 is 0 Å². The highest BCUT2D eigenvalue weighted by Crippen LogP contribution is 2.17. The molecule has 0 fully saturated rings. The van der Waals surface area contributed by atoms with Crippen LogP contribution in [0.1, 0.15) is 30.0 Å². The second-order valence-electron chi connectivity index (χ2n) is 4.41. The van der Waals surface area contributed by atoms with E-state index in [9.17, 15) is 4.79 Å². The Morgan fingerprint density at radius 2 is 2.00 bits per heavy atom. The minimum Gasteiger partial charge on any atom is -0.300 e. The summed E-state index contributed by atoms with van der Waals surface area (Å²) in [6, 6.07) is 6.38. The molecule has 1 rings (SSSR count). The summed E-state index contributed by atoms with van der Waals surface area (Å²) < 4.78 is 0. The molecule has 1 aromatic carbocycles. The van der Waals surface area contributed by atoms with E-state index in [-0.39, 0.29) is 11.7 Å². The van der Waals surface area contributed by atoms with Gasteiger partial charge in [-0.25, -0.2) is 0 Å². The van der Waals surface area contributed by atoms with Crippen LogP contribution in [0.2, 0.25) is 0 Å². The number of benzene rings is 1. The van der Waals surface area contributed by atoms with Crippen molar-refractivity contribution in [2.45, 2.75) is 33.6 Å². The standard InChI is InChI=1S/C14H19ClO/c1-10-4-5-13(8-11(10)2)9-14(6-7-15)12(3)16/h4-5,8,14H,6-7,9H2,1-3H3. The maximum atomic E-state index is 11.4. The maximum absolute atomic E-state index is 11.4. The maximum Gasteiger partial charge on any atom is 0.133 e. The van der Waals surface area contributed by atoms with Crippen molar-refractivity contribution in [1.29, 1.82) is 0 Å². The summed E-state index contributed by atoms with van der Waals surface area (Å²) in [7, 11) is 0. The van der Waals surface area contributed by atoms with Gasteiger partial charge in [0, 0.05) is 11.8 Å². The van der Waals surface area contributed by atoms with Crippen molar-refractivity contribution in [1.82, 2.24) is 0 Å². The van der Waals surface area contributed by atoms with E-state index >= 15 is 0 Å². The van der Waals surface area contributed by atoms with Gasteiger partial charge in [-0.3, -0.25) is 4.79 Å². The van der Waals surface area contributed by atoms with Gasteiger partial charge in [-0.1, -0.05) is 18.2 Å². The predicted molar refractivity (Wildman–Crippen MR) is 69.1 cm³/mol. The molecule has 16 heavy (non-hydrogen) atoms. The lowest BCUT2D eigenvalue weighted by Gasteiger charge is -2.13. The Bertz CT molecular complexity index is 371. The number of alkyl halides is 1. The van der Waals surface area contributed by atoms with Gasteiger partial charge >= 0.3 is 0 Å². The number of carbonyl (C=O) groups is 1. The molecule has 0 N–H and O–H groups in total. The van der Waals surface area contributed by atoms with Crippen LogP contribution in [0, 0.1) is 19.8 Å². The summed E-state index contributed by atoms with van der Waals surface area (Å²) in [6.07, 6.45) is 1.58. The lowest BCUT2D eigenvalue weighted by Crippen LogP contribution is -2.14. The zero-order valence-corrected chi connectivity index (χ0v) is 11.0. The molecule has 1 nitrogen and oxygen atoms in total. The van der Waals surface area contributed by atoms with Crippen molar-refractivity contribution in [2.24, 2.45) is 5.92 Å². The van der Waals surface area contributed by atoms with Crippen LogP contribution < -0.4 is 0 Å². The number of rotatable bonds is 5. The smallest absolute Gasteiger partial charge is 0.133 e. The molecular formula is C14H19ClO. The van der Waals surface area contributed by atoms with Gasteiger partial charge in [0.2, 0.25) is 0 Å². The molecule has 1 unspecified atom stereocenters. The van der Waals surface area contributed by atoms with Gasteiger partial charge in [-0.05, 0) is 50.3 Å². The first-order chi connectivity index (χ1) is 7.54. The van der Waals surface area contributed by atoms with Crippen molar-refractivity contribution in [3.05, 3.63) is 34.9 Å². The molecule has 2 heteroatoms. The van der Waals surface area contributed by atoms with Crippen LogP contribution in [-0.4, -0.2) is 11.7 Å². The molecule has 0 aliphatic rings. The highest BCUT2D eigenvalue weighted by atomic mass is 35.5. The molecule has 1 atom stereocenters. The summed E-state index contributed by atoms with van der Waals surface area (Å²) in [5.74, 6) is 0.855. The Morgan fingerprint density at radius 3 is 2.50 bits per heavy atom. The molecule has 0 aliphatic carbocycles. The van der Waals surface area contributed by atoms with Crippen LogP contribution in [0.25, 0.3) is 0 Å². The number of hydrogen-bond acceptors (Lipinski definition) is 1. The van der Waals surface area contributed by atoms with Crippen LogP contribution in [0.5, 0.6) is 0 Å². The third-order valence-electron chi connectivity index (χ3n) is 3.09. The lowest BCUT2D eigenvalue weighted by atomic mass is 9.92. The summed E-state index contributed by atoms with van der Waals surface area (Å²) in [5.41, 5.74) is 3.81. The van der Waals surface area contributed by atoms with Crippen LogP contribution >= 0.6 is 11.6 Å². The van der Waals surface area contributed by atoms with Gasteiger partial charge in [0.15, 0.2) is 0 Å². The number of Topliss-reactive ketones (excluding diaryl/α,β-unsaturated/α-hetero) is 1. The molecule has 1 aromatic rings. The van der Waals surface area contributed by atoms with E-state index in [0.717, 1.165) is 12.8 Å². The van der Waals surface area contributed by atoms with E-state index in [4.69, 9.17) is 11.6 Å². The second kappa shape index (κ2) is 6.05. The minimum absolute atomic E-state index is 0.0691. The Hall–Kier alpha value is -0.820. The van der Waals surface area contributed by atoms with Crippen molar-refractivity contribution >= 4 is 17.4 Å². The van der Waals surface area contributed by atoms with Gasteiger partial charge in [-0.15, -0.1) is 11.6 Å². The first-order valence-corrected chi connectivity index (χ1v) is 6.20. The van der Waals surface area contributed by atoms with E-state index in [2.05, 4.69) is 32.0 Å². The highest BCUT2D eigenvalue weighted by Gasteiger charge is 2.14. The molecule has 88 valence electrons. The van der Waals surface area contributed by atoms with Crippen LogP contribution in [0.3, 0.4) is 0 Å². The van der Waals surface area contributed by atoms with Gasteiger partial charge in [0.25, 0.3) is 0 Å². The van der Waals surface area contributed by atoms with E-state index in [0.29, 0.717) is 5.88 Å². The molecule has 0 saturated carbocycles. The molecule has 0 radical (unpaired) electrons. The largest absolute Gasteiger partial charge is 0.300 e. The minimum atomic E-state index is 0.0691. The molecular weight excluding hydrogens is 220 g/mol. The molecule has 0 heterocycles. The molecule has 0 amide bonds. The number of halogens is 1. The Kier molecular flexibility index (Phi) is 5.01. The van der Waals surface area contributed by atoms with Gasteiger partial charge in [-0.2, -0.15) is 0 Å². The van der Waals surface area contributed by atoms with Gasteiger partial charge in [0.1, 0.15) is 5.78 Å². The summed E-state index contributed by atoms with van der Waals surface area (Å²) in [4.78, 5) is 11.4. The van der Waals surface area contributed by atoms with E-state index in [1.807, 2.05) is 0 Å². The first-order valence-electron chi connectivity index (χ1n) is 5.67.